The predicted octanol–water partition coefficient (Wildman–Crippen LogP) is 2.78. The summed E-state index contributed by atoms with van der Waals surface area (Å²) in [5.74, 6) is 0.849. The Bertz CT molecular complexity index is 853. The number of carbonyl (C=O) groups excluding carboxylic acids is 1. The van der Waals surface area contributed by atoms with Gasteiger partial charge in [0.1, 0.15) is 11.6 Å². The Hall–Kier alpha value is -2.61. The molecule has 3 heterocycles. The lowest BCUT2D eigenvalue weighted by atomic mass is 10.1. The van der Waals surface area contributed by atoms with Gasteiger partial charge >= 0.3 is 0 Å². The molecule has 0 bridgehead atoms. The van der Waals surface area contributed by atoms with Crippen molar-refractivity contribution in [3.63, 3.8) is 0 Å². The number of fused-ring (bicyclic) bond motifs is 1. The largest absolute Gasteiger partial charge is 0.471 e. The van der Waals surface area contributed by atoms with Crippen LogP contribution in [-0.2, 0) is 4.79 Å². The second kappa shape index (κ2) is 7.74. The van der Waals surface area contributed by atoms with Gasteiger partial charge in [0.15, 0.2) is 5.58 Å². The SMILES string of the molecule is O=C(CSc1nc2ccccc2o1)N1CCCC(Oc2cnccn2)C1. The van der Waals surface area contributed by atoms with Crippen molar-refractivity contribution in [1.82, 2.24) is 19.9 Å². The molecule has 1 fully saturated rings. The Balaban J connectivity index is 1.32. The lowest BCUT2D eigenvalue weighted by Crippen LogP contribution is -2.45. The average molecular weight is 370 g/mol. The fourth-order valence-corrected chi connectivity index (χ4v) is 3.65. The maximum atomic E-state index is 12.5. The van der Waals surface area contributed by atoms with E-state index in [9.17, 15) is 4.79 Å². The van der Waals surface area contributed by atoms with Crippen LogP contribution in [0.5, 0.6) is 5.88 Å². The van der Waals surface area contributed by atoms with Gasteiger partial charge in [0, 0.05) is 18.9 Å². The number of rotatable bonds is 5. The number of benzene rings is 1. The summed E-state index contributed by atoms with van der Waals surface area (Å²) in [6.45, 7) is 1.30. The first-order valence-corrected chi connectivity index (χ1v) is 9.45. The first-order valence-electron chi connectivity index (χ1n) is 8.47. The molecule has 0 N–H and O–H groups in total. The predicted molar refractivity (Wildman–Crippen MR) is 97.0 cm³/mol. The summed E-state index contributed by atoms with van der Waals surface area (Å²) in [6.07, 6.45) is 6.54. The molecule has 1 aliphatic rings. The third kappa shape index (κ3) is 3.96. The number of amides is 1. The van der Waals surface area contributed by atoms with Crippen LogP contribution in [0, 0.1) is 0 Å². The second-order valence-electron chi connectivity index (χ2n) is 6.00. The fraction of sp³-hybridized carbons (Fsp3) is 0.333. The Morgan fingerprint density at radius 1 is 1.35 bits per heavy atom. The van der Waals surface area contributed by atoms with Crippen LogP contribution in [0.15, 0.2) is 52.5 Å². The highest BCUT2D eigenvalue weighted by molar-refractivity contribution is 7.99. The van der Waals surface area contributed by atoms with E-state index >= 15 is 0 Å². The summed E-state index contributed by atoms with van der Waals surface area (Å²) in [5, 5.41) is 0.518. The van der Waals surface area contributed by atoms with Crippen LogP contribution in [0.1, 0.15) is 12.8 Å². The molecule has 1 amide bonds. The Kier molecular flexibility index (Phi) is 5.01. The van der Waals surface area contributed by atoms with Gasteiger partial charge in [-0.05, 0) is 25.0 Å². The van der Waals surface area contributed by atoms with Crippen molar-refractivity contribution in [3.8, 4) is 5.88 Å². The zero-order valence-corrected chi connectivity index (χ0v) is 14.9. The number of oxazole rings is 1. The molecule has 0 radical (unpaired) electrons. The molecule has 8 heteroatoms. The molecule has 2 aromatic heterocycles. The molecular formula is C18H18N4O3S. The van der Waals surface area contributed by atoms with Gasteiger partial charge in [-0.2, -0.15) is 0 Å². The number of likely N-dealkylation sites (tertiary alicyclic amines) is 1. The minimum atomic E-state index is -0.0567. The molecule has 0 spiro atoms. The zero-order chi connectivity index (χ0) is 17.8. The molecule has 3 aromatic rings. The molecule has 1 saturated heterocycles. The van der Waals surface area contributed by atoms with Crippen molar-refractivity contribution in [3.05, 3.63) is 42.9 Å². The van der Waals surface area contributed by atoms with Gasteiger partial charge in [0.2, 0.25) is 11.8 Å². The fourth-order valence-electron chi connectivity index (χ4n) is 2.91. The summed E-state index contributed by atoms with van der Waals surface area (Å²) >= 11 is 1.32. The number of ether oxygens (including phenoxy) is 1. The van der Waals surface area contributed by atoms with E-state index in [1.54, 1.807) is 18.6 Å². The third-order valence-electron chi connectivity index (χ3n) is 4.15. The van der Waals surface area contributed by atoms with Crippen LogP contribution >= 0.6 is 11.8 Å². The summed E-state index contributed by atoms with van der Waals surface area (Å²) in [4.78, 5) is 26.9. The van der Waals surface area contributed by atoms with E-state index in [2.05, 4.69) is 15.0 Å². The number of aromatic nitrogens is 3. The summed E-state index contributed by atoms with van der Waals surface area (Å²) in [6, 6.07) is 7.57. The molecule has 134 valence electrons. The van der Waals surface area contributed by atoms with Crippen LogP contribution in [0.4, 0.5) is 0 Å². The number of thioether (sulfide) groups is 1. The Morgan fingerprint density at radius 2 is 2.27 bits per heavy atom. The second-order valence-corrected chi connectivity index (χ2v) is 6.93. The van der Waals surface area contributed by atoms with Crippen molar-refractivity contribution in [2.75, 3.05) is 18.8 Å². The van der Waals surface area contributed by atoms with Gasteiger partial charge in [0.25, 0.3) is 5.22 Å². The van der Waals surface area contributed by atoms with Crippen molar-refractivity contribution in [2.24, 2.45) is 0 Å². The zero-order valence-electron chi connectivity index (χ0n) is 14.1. The van der Waals surface area contributed by atoms with Gasteiger partial charge in [-0.3, -0.25) is 9.78 Å². The van der Waals surface area contributed by atoms with E-state index < -0.39 is 0 Å². The Morgan fingerprint density at radius 3 is 3.12 bits per heavy atom. The molecule has 1 aliphatic heterocycles. The van der Waals surface area contributed by atoms with Crippen LogP contribution in [0.3, 0.4) is 0 Å². The molecule has 1 atom stereocenters. The van der Waals surface area contributed by atoms with Crippen molar-refractivity contribution in [2.45, 2.75) is 24.2 Å². The van der Waals surface area contributed by atoms with E-state index in [-0.39, 0.29) is 12.0 Å². The molecule has 1 unspecified atom stereocenters. The molecular weight excluding hydrogens is 352 g/mol. The number of hydrogen-bond acceptors (Lipinski definition) is 7. The smallest absolute Gasteiger partial charge is 0.257 e. The lowest BCUT2D eigenvalue weighted by molar-refractivity contribution is -0.131. The van der Waals surface area contributed by atoms with Crippen LogP contribution in [0.25, 0.3) is 11.1 Å². The van der Waals surface area contributed by atoms with Gasteiger partial charge in [-0.25, -0.2) is 9.97 Å². The molecule has 0 aliphatic carbocycles. The maximum absolute atomic E-state index is 12.5. The van der Waals surface area contributed by atoms with Crippen molar-refractivity contribution >= 4 is 28.8 Å². The van der Waals surface area contributed by atoms with Crippen molar-refractivity contribution in [1.29, 1.82) is 0 Å². The third-order valence-corrected chi connectivity index (χ3v) is 4.96. The average Bonchev–Trinajstić information content (AvgIpc) is 3.10. The van der Waals surface area contributed by atoms with E-state index in [0.29, 0.717) is 23.4 Å². The number of nitrogens with zero attached hydrogens (tertiary/aromatic N) is 4. The summed E-state index contributed by atoms with van der Waals surface area (Å²) < 4.78 is 11.5. The van der Waals surface area contributed by atoms with Crippen LogP contribution in [-0.4, -0.2) is 50.7 Å². The Labute approximate surface area is 154 Å². The molecule has 0 saturated carbocycles. The van der Waals surface area contributed by atoms with E-state index in [1.807, 2.05) is 29.2 Å². The highest BCUT2D eigenvalue weighted by Crippen LogP contribution is 2.24. The number of hydrogen-bond donors (Lipinski definition) is 0. The van der Waals surface area contributed by atoms with Gasteiger partial charge in [-0.1, -0.05) is 23.9 Å². The minimum absolute atomic E-state index is 0.0567. The highest BCUT2D eigenvalue weighted by atomic mass is 32.2. The topological polar surface area (TPSA) is 81.4 Å². The van der Waals surface area contributed by atoms with Gasteiger partial charge < -0.3 is 14.1 Å². The standard InChI is InChI=1S/C18H18N4O3S/c23-17(12-26-18-21-14-5-1-2-6-15(14)25-18)22-9-3-4-13(11-22)24-16-10-19-7-8-20-16/h1-2,5-8,10,13H,3-4,9,11-12H2. The number of para-hydroxylation sites is 2. The summed E-state index contributed by atoms with van der Waals surface area (Å²) in [5.41, 5.74) is 1.54. The first-order chi connectivity index (χ1) is 12.8. The highest BCUT2D eigenvalue weighted by Gasteiger charge is 2.25. The minimum Gasteiger partial charge on any atom is -0.471 e. The van der Waals surface area contributed by atoms with Crippen LogP contribution < -0.4 is 4.74 Å². The number of carbonyl (C=O) groups is 1. The molecule has 26 heavy (non-hydrogen) atoms. The van der Waals surface area contributed by atoms with E-state index in [0.717, 1.165) is 30.5 Å². The van der Waals surface area contributed by atoms with Crippen molar-refractivity contribution < 1.29 is 13.9 Å². The number of piperidine rings is 1. The van der Waals surface area contributed by atoms with Crippen LogP contribution in [0.2, 0.25) is 0 Å². The molecule has 7 nitrogen and oxygen atoms in total. The molecule has 1 aromatic carbocycles. The molecule has 4 rings (SSSR count). The first kappa shape index (κ1) is 16.8. The normalized spacial score (nSPS) is 17.4. The van der Waals surface area contributed by atoms with E-state index in [4.69, 9.17) is 9.15 Å². The lowest BCUT2D eigenvalue weighted by Gasteiger charge is -2.32. The van der Waals surface area contributed by atoms with Gasteiger partial charge in [0.05, 0.1) is 18.5 Å². The maximum Gasteiger partial charge on any atom is 0.257 e. The monoisotopic (exact) mass is 370 g/mol. The summed E-state index contributed by atoms with van der Waals surface area (Å²) in [7, 11) is 0. The quantitative estimate of drug-likeness (QED) is 0.639. The van der Waals surface area contributed by atoms with E-state index in [1.165, 1.54) is 11.8 Å². The van der Waals surface area contributed by atoms with Gasteiger partial charge in [-0.15, -0.1) is 0 Å².